The second kappa shape index (κ2) is 8.00. The van der Waals surface area contributed by atoms with Crippen LogP contribution in [0.5, 0.6) is 11.5 Å². The van der Waals surface area contributed by atoms with Gasteiger partial charge in [-0.3, -0.25) is 14.9 Å². The van der Waals surface area contributed by atoms with Crippen molar-refractivity contribution < 1.29 is 19.2 Å². The summed E-state index contributed by atoms with van der Waals surface area (Å²) in [6.45, 7) is 0. The van der Waals surface area contributed by atoms with E-state index in [-0.39, 0.29) is 27.1 Å². The second-order valence-corrected chi connectivity index (χ2v) is 5.67. The molecule has 130 valence electrons. The molecule has 0 fully saturated rings. The summed E-state index contributed by atoms with van der Waals surface area (Å²) in [5.74, 6) is 0.310. The monoisotopic (exact) mass is 381 g/mol. The van der Waals surface area contributed by atoms with Gasteiger partial charge in [0.05, 0.1) is 29.7 Å². The van der Waals surface area contributed by atoms with Crippen LogP contribution in [0.3, 0.4) is 0 Å². The summed E-state index contributed by atoms with van der Waals surface area (Å²) >= 11 is 11.8. The summed E-state index contributed by atoms with van der Waals surface area (Å²) in [6, 6.07) is 7.20. The lowest BCUT2D eigenvalue weighted by molar-refractivity contribution is -0.384. The highest BCUT2D eigenvalue weighted by Crippen LogP contribution is 2.33. The van der Waals surface area contributed by atoms with Crippen LogP contribution in [-0.4, -0.2) is 24.9 Å². The van der Waals surface area contributed by atoms with Crippen molar-refractivity contribution in [1.82, 2.24) is 0 Å². The molecular formula is C17H13Cl2NO5. The maximum Gasteiger partial charge on any atom is 0.288 e. The maximum absolute atomic E-state index is 12.4. The van der Waals surface area contributed by atoms with Crippen LogP contribution in [0.15, 0.2) is 36.4 Å². The van der Waals surface area contributed by atoms with Crippen LogP contribution in [0.1, 0.15) is 15.9 Å². The third-order valence-electron chi connectivity index (χ3n) is 3.33. The van der Waals surface area contributed by atoms with Gasteiger partial charge in [-0.25, -0.2) is 0 Å². The molecule has 0 unspecified atom stereocenters. The molecule has 0 aliphatic heterocycles. The summed E-state index contributed by atoms with van der Waals surface area (Å²) in [6.07, 6.45) is 2.72. The quantitative estimate of drug-likeness (QED) is 0.310. The number of nitro benzene ring substituents is 1. The lowest BCUT2D eigenvalue weighted by atomic mass is 10.1. The van der Waals surface area contributed by atoms with Crippen molar-refractivity contribution in [3.05, 3.63) is 67.7 Å². The van der Waals surface area contributed by atoms with Gasteiger partial charge in [0.2, 0.25) is 0 Å². The summed E-state index contributed by atoms with van der Waals surface area (Å²) in [7, 11) is 2.88. The molecule has 0 aromatic heterocycles. The zero-order valence-corrected chi connectivity index (χ0v) is 14.8. The van der Waals surface area contributed by atoms with E-state index in [0.717, 1.165) is 0 Å². The van der Waals surface area contributed by atoms with Gasteiger partial charge < -0.3 is 9.47 Å². The standard InChI is InChI=1S/C17H13Cl2NO5/c1-24-16-9-17(25-2)13(19)8-11(16)15(21)6-4-10-3-5-12(18)14(7-10)20(22)23/h3-9H,1-2H3/b6-4+. The minimum absolute atomic E-state index is 0.0251. The fraction of sp³-hybridized carbons (Fsp3) is 0.118. The highest BCUT2D eigenvalue weighted by atomic mass is 35.5. The zero-order valence-electron chi connectivity index (χ0n) is 13.3. The Morgan fingerprint density at radius 3 is 2.36 bits per heavy atom. The molecule has 0 saturated carbocycles. The van der Waals surface area contributed by atoms with Crippen molar-refractivity contribution in [1.29, 1.82) is 0 Å². The maximum atomic E-state index is 12.4. The second-order valence-electron chi connectivity index (χ2n) is 4.85. The normalized spacial score (nSPS) is 10.7. The van der Waals surface area contributed by atoms with Crippen LogP contribution >= 0.6 is 23.2 Å². The van der Waals surface area contributed by atoms with Crippen molar-refractivity contribution in [2.45, 2.75) is 0 Å². The Bertz CT molecular complexity index is 864. The number of benzene rings is 2. The van der Waals surface area contributed by atoms with Crippen molar-refractivity contribution >= 4 is 40.7 Å². The molecule has 0 aliphatic carbocycles. The molecule has 0 spiro atoms. The number of hydrogen-bond donors (Lipinski definition) is 0. The lowest BCUT2D eigenvalue weighted by Gasteiger charge is -2.10. The average Bonchev–Trinajstić information content (AvgIpc) is 2.60. The SMILES string of the molecule is COc1cc(OC)c(C(=O)/C=C/c2ccc(Cl)c([N+](=O)[O-])c2)cc1Cl. The first-order valence-electron chi connectivity index (χ1n) is 6.95. The van der Waals surface area contributed by atoms with E-state index in [4.69, 9.17) is 32.7 Å². The van der Waals surface area contributed by atoms with E-state index in [1.807, 2.05) is 0 Å². The van der Waals surface area contributed by atoms with Gasteiger partial charge in [-0.2, -0.15) is 0 Å². The summed E-state index contributed by atoms with van der Waals surface area (Å²) in [4.78, 5) is 22.7. The molecule has 0 amide bonds. The number of allylic oxidation sites excluding steroid dienone is 1. The minimum atomic E-state index is -0.590. The van der Waals surface area contributed by atoms with Crippen LogP contribution in [-0.2, 0) is 0 Å². The van der Waals surface area contributed by atoms with Crippen molar-refractivity contribution in [2.24, 2.45) is 0 Å². The van der Waals surface area contributed by atoms with Crippen LogP contribution in [0.25, 0.3) is 6.08 Å². The molecule has 0 N–H and O–H groups in total. The largest absolute Gasteiger partial charge is 0.496 e. The molecule has 0 heterocycles. The Morgan fingerprint density at radius 1 is 1.08 bits per heavy atom. The van der Waals surface area contributed by atoms with Gasteiger partial charge in [0.1, 0.15) is 16.5 Å². The van der Waals surface area contributed by atoms with Gasteiger partial charge >= 0.3 is 0 Å². The molecule has 0 atom stereocenters. The summed E-state index contributed by atoms with van der Waals surface area (Å²) < 4.78 is 10.3. The highest BCUT2D eigenvalue weighted by molar-refractivity contribution is 6.33. The molecule has 6 nitrogen and oxygen atoms in total. The topological polar surface area (TPSA) is 78.7 Å². The zero-order chi connectivity index (χ0) is 18.6. The molecule has 25 heavy (non-hydrogen) atoms. The first-order chi connectivity index (χ1) is 11.9. The Balaban J connectivity index is 2.34. The van der Waals surface area contributed by atoms with Gasteiger partial charge in [-0.1, -0.05) is 35.3 Å². The number of ether oxygens (including phenoxy) is 2. The van der Waals surface area contributed by atoms with Gasteiger partial charge in [0.25, 0.3) is 5.69 Å². The van der Waals surface area contributed by atoms with Crippen LogP contribution in [0.4, 0.5) is 5.69 Å². The van der Waals surface area contributed by atoms with E-state index < -0.39 is 4.92 Å². The Morgan fingerprint density at radius 2 is 1.76 bits per heavy atom. The van der Waals surface area contributed by atoms with E-state index in [1.54, 1.807) is 6.07 Å². The fourth-order valence-electron chi connectivity index (χ4n) is 2.09. The molecule has 2 aromatic rings. The number of carbonyl (C=O) groups is 1. The fourth-order valence-corrected chi connectivity index (χ4v) is 2.51. The van der Waals surface area contributed by atoms with E-state index in [0.29, 0.717) is 17.1 Å². The first kappa shape index (κ1) is 18.8. The summed E-state index contributed by atoms with van der Waals surface area (Å²) in [5, 5.41) is 11.2. The van der Waals surface area contributed by atoms with Crippen LogP contribution < -0.4 is 9.47 Å². The summed E-state index contributed by atoms with van der Waals surface area (Å²) in [5.41, 5.74) is 0.470. The van der Waals surface area contributed by atoms with Crippen molar-refractivity contribution in [3.8, 4) is 11.5 Å². The lowest BCUT2D eigenvalue weighted by Crippen LogP contribution is -2.00. The molecule has 0 radical (unpaired) electrons. The minimum Gasteiger partial charge on any atom is -0.496 e. The van der Waals surface area contributed by atoms with Crippen LogP contribution in [0.2, 0.25) is 10.0 Å². The first-order valence-corrected chi connectivity index (χ1v) is 7.70. The van der Waals surface area contributed by atoms with E-state index in [9.17, 15) is 14.9 Å². The number of methoxy groups -OCH3 is 2. The Labute approximate surface area is 153 Å². The van der Waals surface area contributed by atoms with Crippen LogP contribution in [0, 0.1) is 10.1 Å². The number of nitro groups is 1. The number of nitrogens with zero attached hydrogens (tertiary/aromatic N) is 1. The van der Waals surface area contributed by atoms with Gasteiger partial charge in [-0.05, 0) is 23.8 Å². The Hall–Kier alpha value is -2.57. The number of rotatable bonds is 6. The van der Waals surface area contributed by atoms with Gasteiger partial charge in [0.15, 0.2) is 5.78 Å². The molecule has 0 bridgehead atoms. The third-order valence-corrected chi connectivity index (χ3v) is 3.95. The van der Waals surface area contributed by atoms with E-state index in [1.165, 1.54) is 50.6 Å². The predicted octanol–water partition coefficient (Wildman–Crippen LogP) is 4.81. The molecule has 8 heteroatoms. The predicted molar refractivity (Wildman–Crippen MR) is 96.0 cm³/mol. The van der Waals surface area contributed by atoms with Crippen molar-refractivity contribution in [3.63, 3.8) is 0 Å². The van der Waals surface area contributed by atoms with E-state index >= 15 is 0 Å². The molecule has 0 aliphatic rings. The number of halogens is 2. The molecule has 0 saturated heterocycles. The van der Waals surface area contributed by atoms with Gasteiger partial charge in [-0.15, -0.1) is 0 Å². The smallest absolute Gasteiger partial charge is 0.288 e. The number of hydrogen-bond acceptors (Lipinski definition) is 5. The molecular weight excluding hydrogens is 369 g/mol. The van der Waals surface area contributed by atoms with Crippen molar-refractivity contribution in [2.75, 3.05) is 14.2 Å². The average molecular weight is 382 g/mol. The highest BCUT2D eigenvalue weighted by Gasteiger charge is 2.15. The van der Waals surface area contributed by atoms with Gasteiger partial charge in [0, 0.05) is 12.1 Å². The molecule has 2 aromatic carbocycles. The number of carbonyl (C=O) groups excluding carboxylic acids is 1. The Kier molecular flexibility index (Phi) is 6.01. The third kappa shape index (κ3) is 4.29. The molecule has 2 rings (SSSR count). The number of ketones is 1. The van der Waals surface area contributed by atoms with E-state index in [2.05, 4.69) is 0 Å².